The molecule has 1 aliphatic rings. The van der Waals surface area contributed by atoms with Crippen molar-refractivity contribution in [2.24, 2.45) is 0 Å². The summed E-state index contributed by atoms with van der Waals surface area (Å²) >= 11 is 0. The molecule has 0 spiro atoms. The van der Waals surface area contributed by atoms with Crippen LogP contribution in [-0.2, 0) is 12.8 Å². The van der Waals surface area contributed by atoms with Gasteiger partial charge in [0.15, 0.2) is 0 Å². The number of hydrogen-bond donors (Lipinski definition) is 0. The summed E-state index contributed by atoms with van der Waals surface area (Å²) < 4.78 is 2.02. The zero-order valence-electron chi connectivity index (χ0n) is 13.4. The number of nitrogens with zero attached hydrogens (tertiary/aromatic N) is 3. The second-order valence-corrected chi connectivity index (χ2v) is 6.21. The lowest BCUT2D eigenvalue weighted by Crippen LogP contribution is -2.11. The number of aryl methyl sites for hydroxylation is 2. The third kappa shape index (κ3) is 2.74. The number of imidazole rings is 1. The molecule has 3 aromatic rings. The second kappa shape index (κ2) is 5.92. The molecule has 0 radical (unpaired) electrons. The fourth-order valence-corrected chi connectivity index (χ4v) is 3.34. The highest BCUT2D eigenvalue weighted by Crippen LogP contribution is 2.29. The summed E-state index contributed by atoms with van der Waals surface area (Å²) in [5, 5.41) is 0. The van der Waals surface area contributed by atoms with Crippen molar-refractivity contribution in [1.82, 2.24) is 9.55 Å². The molecule has 1 aliphatic carbocycles. The molecule has 3 heteroatoms. The number of rotatable bonds is 3. The summed E-state index contributed by atoms with van der Waals surface area (Å²) in [7, 11) is 2.14. The first-order chi connectivity index (χ1) is 11.3. The van der Waals surface area contributed by atoms with Crippen LogP contribution < -0.4 is 4.90 Å². The van der Waals surface area contributed by atoms with Crippen molar-refractivity contribution in [3.63, 3.8) is 0 Å². The van der Waals surface area contributed by atoms with Crippen molar-refractivity contribution in [2.45, 2.75) is 25.7 Å². The Balaban J connectivity index is 1.60. The van der Waals surface area contributed by atoms with E-state index in [9.17, 15) is 0 Å². The SMILES string of the molecule is CN(c1ccc(-n2ccnc2)cc1)c1ccc2c(c1)CCCC2. The molecule has 116 valence electrons. The summed E-state index contributed by atoms with van der Waals surface area (Å²) in [5.74, 6) is 0. The Labute approximate surface area is 137 Å². The van der Waals surface area contributed by atoms with Crippen LogP contribution in [0.2, 0.25) is 0 Å². The van der Waals surface area contributed by atoms with Crippen LogP contribution in [0.1, 0.15) is 24.0 Å². The molecule has 0 saturated heterocycles. The summed E-state index contributed by atoms with van der Waals surface area (Å²) in [6, 6.07) is 15.5. The van der Waals surface area contributed by atoms with E-state index in [1.165, 1.54) is 48.2 Å². The van der Waals surface area contributed by atoms with Crippen LogP contribution in [0.4, 0.5) is 11.4 Å². The average molecular weight is 303 g/mol. The monoisotopic (exact) mass is 303 g/mol. The van der Waals surface area contributed by atoms with Gasteiger partial charge in [-0.25, -0.2) is 4.98 Å². The topological polar surface area (TPSA) is 21.1 Å². The van der Waals surface area contributed by atoms with Crippen molar-refractivity contribution in [1.29, 1.82) is 0 Å². The van der Waals surface area contributed by atoms with Crippen LogP contribution in [0.3, 0.4) is 0 Å². The van der Waals surface area contributed by atoms with Crippen LogP contribution in [0.25, 0.3) is 5.69 Å². The van der Waals surface area contributed by atoms with E-state index in [2.05, 4.69) is 59.4 Å². The lowest BCUT2D eigenvalue weighted by molar-refractivity contribution is 0.685. The molecule has 1 aromatic heterocycles. The summed E-state index contributed by atoms with van der Waals surface area (Å²) in [5.41, 5.74) is 6.65. The molecule has 0 bridgehead atoms. The van der Waals surface area contributed by atoms with Gasteiger partial charge in [-0.3, -0.25) is 0 Å². The molecule has 0 aliphatic heterocycles. The van der Waals surface area contributed by atoms with Gasteiger partial charge in [0, 0.05) is 36.5 Å². The van der Waals surface area contributed by atoms with E-state index in [0.717, 1.165) is 5.69 Å². The van der Waals surface area contributed by atoms with Gasteiger partial charge in [0.25, 0.3) is 0 Å². The lowest BCUT2D eigenvalue weighted by Gasteiger charge is -2.23. The second-order valence-electron chi connectivity index (χ2n) is 6.21. The number of aromatic nitrogens is 2. The maximum Gasteiger partial charge on any atom is 0.0991 e. The van der Waals surface area contributed by atoms with Crippen LogP contribution in [0.15, 0.2) is 61.2 Å². The molecule has 1 heterocycles. The van der Waals surface area contributed by atoms with Gasteiger partial charge in [0.2, 0.25) is 0 Å². The predicted octanol–water partition coefficient (Wildman–Crippen LogP) is 4.52. The summed E-state index contributed by atoms with van der Waals surface area (Å²) in [6.07, 6.45) is 10.7. The minimum atomic E-state index is 1.13. The number of hydrogen-bond acceptors (Lipinski definition) is 2. The zero-order valence-corrected chi connectivity index (χ0v) is 13.4. The minimum absolute atomic E-state index is 1.13. The first-order valence-electron chi connectivity index (χ1n) is 8.25. The Morgan fingerprint density at radius 1 is 0.913 bits per heavy atom. The number of benzene rings is 2. The average Bonchev–Trinajstić information content (AvgIpc) is 3.15. The highest BCUT2D eigenvalue weighted by molar-refractivity contribution is 5.65. The third-order valence-electron chi connectivity index (χ3n) is 4.76. The number of fused-ring (bicyclic) bond motifs is 1. The van der Waals surface area contributed by atoms with Gasteiger partial charge >= 0.3 is 0 Å². The van der Waals surface area contributed by atoms with Gasteiger partial charge < -0.3 is 9.47 Å². The molecule has 0 amide bonds. The lowest BCUT2D eigenvalue weighted by atomic mass is 9.91. The maximum absolute atomic E-state index is 4.10. The first kappa shape index (κ1) is 14.1. The first-order valence-corrected chi connectivity index (χ1v) is 8.25. The van der Waals surface area contributed by atoms with Crippen LogP contribution in [0, 0.1) is 0 Å². The summed E-state index contributed by atoms with van der Waals surface area (Å²) in [6.45, 7) is 0. The predicted molar refractivity (Wildman–Crippen MR) is 94.7 cm³/mol. The van der Waals surface area contributed by atoms with E-state index in [-0.39, 0.29) is 0 Å². The van der Waals surface area contributed by atoms with E-state index in [0.29, 0.717) is 0 Å². The van der Waals surface area contributed by atoms with Gasteiger partial charge in [-0.15, -0.1) is 0 Å². The molecular formula is C20H21N3. The van der Waals surface area contributed by atoms with Gasteiger partial charge in [-0.1, -0.05) is 6.07 Å². The van der Waals surface area contributed by atoms with E-state index >= 15 is 0 Å². The standard InChI is InChI=1S/C20H21N3/c1-22(20-7-6-16-4-2-3-5-17(16)14-20)18-8-10-19(11-9-18)23-13-12-21-15-23/h6-15H,2-5H2,1H3. The molecular weight excluding hydrogens is 282 g/mol. The Kier molecular flexibility index (Phi) is 3.62. The van der Waals surface area contributed by atoms with E-state index < -0.39 is 0 Å². The van der Waals surface area contributed by atoms with Crippen molar-refractivity contribution in [2.75, 3.05) is 11.9 Å². The molecule has 0 fully saturated rings. The normalized spacial score (nSPS) is 13.6. The quantitative estimate of drug-likeness (QED) is 0.709. The van der Waals surface area contributed by atoms with Crippen LogP contribution in [-0.4, -0.2) is 16.6 Å². The van der Waals surface area contributed by atoms with Crippen LogP contribution in [0.5, 0.6) is 0 Å². The van der Waals surface area contributed by atoms with Gasteiger partial charge in [-0.05, 0) is 73.2 Å². The molecule has 23 heavy (non-hydrogen) atoms. The van der Waals surface area contributed by atoms with Crippen molar-refractivity contribution < 1.29 is 0 Å². The zero-order chi connectivity index (χ0) is 15.6. The summed E-state index contributed by atoms with van der Waals surface area (Å²) in [4.78, 5) is 6.35. The van der Waals surface area contributed by atoms with E-state index in [1.54, 1.807) is 6.20 Å². The molecule has 0 unspecified atom stereocenters. The van der Waals surface area contributed by atoms with Crippen LogP contribution >= 0.6 is 0 Å². The Morgan fingerprint density at radius 3 is 2.39 bits per heavy atom. The molecule has 0 atom stereocenters. The molecule has 0 saturated carbocycles. The van der Waals surface area contributed by atoms with E-state index in [4.69, 9.17) is 0 Å². The molecule has 4 rings (SSSR count). The van der Waals surface area contributed by atoms with Crippen molar-refractivity contribution in [3.05, 3.63) is 72.3 Å². The fourth-order valence-electron chi connectivity index (χ4n) is 3.34. The Morgan fingerprint density at radius 2 is 1.65 bits per heavy atom. The van der Waals surface area contributed by atoms with Gasteiger partial charge in [-0.2, -0.15) is 0 Å². The van der Waals surface area contributed by atoms with Gasteiger partial charge in [0.05, 0.1) is 6.33 Å². The maximum atomic E-state index is 4.10. The Hall–Kier alpha value is -2.55. The largest absolute Gasteiger partial charge is 0.345 e. The highest BCUT2D eigenvalue weighted by atomic mass is 15.1. The molecule has 2 aromatic carbocycles. The van der Waals surface area contributed by atoms with Crippen molar-refractivity contribution in [3.8, 4) is 5.69 Å². The fraction of sp³-hybridized carbons (Fsp3) is 0.250. The molecule has 0 N–H and O–H groups in total. The van der Waals surface area contributed by atoms with Gasteiger partial charge in [0.1, 0.15) is 0 Å². The molecule has 3 nitrogen and oxygen atoms in total. The number of anilines is 2. The minimum Gasteiger partial charge on any atom is -0.345 e. The highest BCUT2D eigenvalue weighted by Gasteiger charge is 2.12. The van der Waals surface area contributed by atoms with Crippen molar-refractivity contribution >= 4 is 11.4 Å². The smallest absolute Gasteiger partial charge is 0.0991 e. The third-order valence-corrected chi connectivity index (χ3v) is 4.76. The Bertz CT molecular complexity index is 788. The van der Waals surface area contributed by atoms with E-state index in [1.807, 2.05) is 17.1 Å².